The third-order valence-electron chi connectivity index (χ3n) is 2.62. The highest BCUT2D eigenvalue weighted by atomic mass is 19.4. The van der Waals surface area contributed by atoms with E-state index >= 15 is 0 Å². The SMILES string of the molecule is OC(CNc1ccc2c(c1)OCCCO2)C(F)(F)F. The van der Waals surface area contributed by atoms with Crippen LogP contribution in [-0.4, -0.2) is 37.1 Å². The van der Waals surface area contributed by atoms with Crippen molar-refractivity contribution in [3.05, 3.63) is 18.2 Å². The van der Waals surface area contributed by atoms with E-state index in [0.29, 0.717) is 30.4 Å². The number of halogens is 3. The lowest BCUT2D eigenvalue weighted by Crippen LogP contribution is -2.34. The number of aliphatic hydroxyl groups is 1. The fourth-order valence-electron chi connectivity index (χ4n) is 1.60. The standard InChI is InChI=1S/C12H14F3NO3/c13-12(14,15)11(17)7-16-8-2-3-9-10(6-8)19-5-1-4-18-9/h2-3,6,11,16-17H,1,4-5,7H2. The van der Waals surface area contributed by atoms with Crippen LogP contribution in [0.15, 0.2) is 18.2 Å². The minimum atomic E-state index is -4.63. The molecule has 0 radical (unpaired) electrons. The fourth-order valence-corrected chi connectivity index (χ4v) is 1.60. The Morgan fingerprint density at radius 1 is 1.21 bits per heavy atom. The van der Waals surface area contributed by atoms with Gasteiger partial charge in [0.15, 0.2) is 17.6 Å². The first kappa shape index (κ1) is 13.8. The molecule has 0 aliphatic carbocycles. The van der Waals surface area contributed by atoms with E-state index in [1.165, 1.54) is 0 Å². The molecule has 1 aliphatic rings. The lowest BCUT2D eigenvalue weighted by atomic mass is 10.2. The fraction of sp³-hybridized carbons (Fsp3) is 0.500. The van der Waals surface area contributed by atoms with Crippen molar-refractivity contribution in [2.45, 2.75) is 18.7 Å². The summed E-state index contributed by atoms with van der Waals surface area (Å²) < 4.78 is 47.2. The summed E-state index contributed by atoms with van der Waals surface area (Å²) in [5, 5.41) is 11.4. The predicted molar refractivity (Wildman–Crippen MR) is 62.6 cm³/mol. The van der Waals surface area contributed by atoms with E-state index in [9.17, 15) is 13.2 Å². The smallest absolute Gasteiger partial charge is 0.416 e. The van der Waals surface area contributed by atoms with Crippen molar-refractivity contribution in [3.63, 3.8) is 0 Å². The summed E-state index contributed by atoms with van der Waals surface area (Å²) in [5.74, 6) is 1.06. The summed E-state index contributed by atoms with van der Waals surface area (Å²) in [6.45, 7) is 0.442. The zero-order valence-electron chi connectivity index (χ0n) is 10.0. The van der Waals surface area contributed by atoms with Crippen LogP contribution in [0, 0.1) is 0 Å². The van der Waals surface area contributed by atoms with Gasteiger partial charge in [0, 0.05) is 24.7 Å². The van der Waals surface area contributed by atoms with Crippen molar-refractivity contribution >= 4 is 5.69 Å². The third-order valence-corrected chi connectivity index (χ3v) is 2.62. The molecule has 0 spiro atoms. The second-order valence-electron chi connectivity index (χ2n) is 4.15. The Morgan fingerprint density at radius 2 is 1.89 bits per heavy atom. The molecule has 106 valence electrons. The Balaban J connectivity index is 2.00. The number of benzene rings is 1. The van der Waals surface area contributed by atoms with Gasteiger partial charge < -0.3 is 19.9 Å². The van der Waals surface area contributed by atoms with Gasteiger partial charge >= 0.3 is 6.18 Å². The average molecular weight is 277 g/mol. The molecule has 1 aromatic carbocycles. The minimum absolute atomic E-state index is 0.438. The van der Waals surface area contributed by atoms with Gasteiger partial charge in [-0.3, -0.25) is 0 Å². The Morgan fingerprint density at radius 3 is 2.58 bits per heavy atom. The maximum absolute atomic E-state index is 12.1. The van der Waals surface area contributed by atoms with Gasteiger partial charge in [-0.05, 0) is 12.1 Å². The molecular weight excluding hydrogens is 263 g/mol. The van der Waals surface area contributed by atoms with Crippen LogP contribution in [0.3, 0.4) is 0 Å². The molecular formula is C12H14F3NO3. The summed E-state index contributed by atoms with van der Waals surface area (Å²) >= 11 is 0. The molecule has 0 aromatic heterocycles. The van der Waals surface area contributed by atoms with E-state index in [4.69, 9.17) is 14.6 Å². The molecule has 0 saturated carbocycles. The Bertz CT molecular complexity index is 437. The van der Waals surface area contributed by atoms with Crippen LogP contribution < -0.4 is 14.8 Å². The first-order chi connectivity index (χ1) is 8.97. The summed E-state index contributed by atoms with van der Waals surface area (Å²) in [5.41, 5.74) is 0.438. The number of rotatable bonds is 3. The molecule has 1 unspecified atom stereocenters. The number of aliphatic hydroxyl groups excluding tert-OH is 1. The molecule has 2 N–H and O–H groups in total. The Hall–Kier alpha value is -1.63. The normalized spacial score (nSPS) is 16.6. The number of hydrogen-bond acceptors (Lipinski definition) is 4. The van der Waals surface area contributed by atoms with Gasteiger partial charge in [0.1, 0.15) is 0 Å². The molecule has 0 fully saturated rings. The van der Waals surface area contributed by atoms with E-state index in [0.717, 1.165) is 6.42 Å². The van der Waals surface area contributed by atoms with Crippen LogP contribution >= 0.6 is 0 Å². The van der Waals surface area contributed by atoms with Crippen molar-refractivity contribution < 1.29 is 27.8 Å². The van der Waals surface area contributed by atoms with Crippen LogP contribution in [0.25, 0.3) is 0 Å². The number of alkyl halides is 3. The van der Waals surface area contributed by atoms with Gasteiger partial charge in [0.2, 0.25) is 0 Å². The zero-order valence-corrected chi connectivity index (χ0v) is 10.0. The molecule has 4 nitrogen and oxygen atoms in total. The van der Waals surface area contributed by atoms with Crippen molar-refractivity contribution in [2.75, 3.05) is 25.1 Å². The first-order valence-corrected chi connectivity index (χ1v) is 5.85. The number of fused-ring (bicyclic) bond motifs is 1. The third kappa shape index (κ3) is 3.66. The number of hydrogen-bond donors (Lipinski definition) is 2. The molecule has 2 rings (SSSR count). The first-order valence-electron chi connectivity index (χ1n) is 5.85. The van der Waals surface area contributed by atoms with E-state index < -0.39 is 18.8 Å². The summed E-state index contributed by atoms with van der Waals surface area (Å²) in [7, 11) is 0. The van der Waals surface area contributed by atoms with Gasteiger partial charge in [-0.25, -0.2) is 0 Å². The number of anilines is 1. The maximum atomic E-state index is 12.1. The highest BCUT2D eigenvalue weighted by molar-refractivity contribution is 5.55. The molecule has 1 heterocycles. The van der Waals surface area contributed by atoms with E-state index in [-0.39, 0.29) is 0 Å². The van der Waals surface area contributed by atoms with Crippen LogP contribution in [0.5, 0.6) is 11.5 Å². The van der Waals surface area contributed by atoms with Crippen LogP contribution in [0.1, 0.15) is 6.42 Å². The van der Waals surface area contributed by atoms with E-state index in [1.807, 2.05) is 0 Å². The van der Waals surface area contributed by atoms with Crippen molar-refractivity contribution in [1.82, 2.24) is 0 Å². The van der Waals surface area contributed by atoms with Crippen LogP contribution in [-0.2, 0) is 0 Å². The van der Waals surface area contributed by atoms with Gasteiger partial charge in [0.25, 0.3) is 0 Å². The van der Waals surface area contributed by atoms with E-state index in [2.05, 4.69) is 5.32 Å². The summed E-state index contributed by atoms with van der Waals surface area (Å²) in [6.07, 6.45) is -6.27. The number of nitrogens with one attached hydrogen (secondary N) is 1. The lowest BCUT2D eigenvalue weighted by Gasteiger charge is -2.16. The average Bonchev–Trinajstić information content (AvgIpc) is 2.59. The molecule has 0 amide bonds. The topological polar surface area (TPSA) is 50.7 Å². The van der Waals surface area contributed by atoms with Gasteiger partial charge in [0.05, 0.1) is 13.2 Å². The second kappa shape index (κ2) is 5.56. The van der Waals surface area contributed by atoms with Crippen molar-refractivity contribution in [3.8, 4) is 11.5 Å². The highest BCUT2D eigenvalue weighted by Crippen LogP contribution is 2.32. The molecule has 7 heteroatoms. The molecule has 0 bridgehead atoms. The Labute approximate surface area is 108 Å². The Kier molecular flexibility index (Phi) is 4.04. The maximum Gasteiger partial charge on any atom is 0.416 e. The lowest BCUT2D eigenvalue weighted by molar-refractivity contribution is -0.198. The van der Waals surface area contributed by atoms with Gasteiger partial charge in [-0.15, -0.1) is 0 Å². The molecule has 1 atom stereocenters. The summed E-state index contributed by atoms with van der Waals surface area (Å²) in [4.78, 5) is 0. The largest absolute Gasteiger partial charge is 0.490 e. The molecule has 1 aliphatic heterocycles. The quantitative estimate of drug-likeness (QED) is 0.889. The molecule has 0 saturated heterocycles. The van der Waals surface area contributed by atoms with E-state index in [1.54, 1.807) is 18.2 Å². The van der Waals surface area contributed by atoms with Crippen LogP contribution in [0.4, 0.5) is 18.9 Å². The predicted octanol–water partition coefficient (Wildman–Crippen LogP) is 2.18. The van der Waals surface area contributed by atoms with Crippen molar-refractivity contribution in [1.29, 1.82) is 0 Å². The van der Waals surface area contributed by atoms with Crippen LogP contribution in [0.2, 0.25) is 0 Å². The molecule has 1 aromatic rings. The van der Waals surface area contributed by atoms with Gasteiger partial charge in [-0.1, -0.05) is 0 Å². The number of ether oxygens (including phenoxy) is 2. The highest BCUT2D eigenvalue weighted by Gasteiger charge is 2.37. The van der Waals surface area contributed by atoms with Crippen molar-refractivity contribution in [2.24, 2.45) is 0 Å². The minimum Gasteiger partial charge on any atom is -0.490 e. The monoisotopic (exact) mass is 277 g/mol. The second-order valence-corrected chi connectivity index (χ2v) is 4.15. The zero-order chi connectivity index (χ0) is 13.9. The van der Waals surface area contributed by atoms with Gasteiger partial charge in [-0.2, -0.15) is 13.2 Å². The molecule has 19 heavy (non-hydrogen) atoms. The summed E-state index contributed by atoms with van der Waals surface area (Å²) in [6, 6.07) is 4.77.